The van der Waals surface area contributed by atoms with Crippen LogP contribution in [0.4, 0.5) is 10.1 Å². The van der Waals surface area contributed by atoms with Crippen molar-refractivity contribution < 1.29 is 14.0 Å². The van der Waals surface area contributed by atoms with Crippen LogP contribution in [-0.4, -0.2) is 17.9 Å². The molecule has 33 heavy (non-hydrogen) atoms. The second kappa shape index (κ2) is 10.3. The van der Waals surface area contributed by atoms with E-state index in [9.17, 15) is 9.59 Å². The molecule has 3 aromatic rings. The number of hydrogen-bond acceptors (Lipinski definition) is 3. The van der Waals surface area contributed by atoms with Gasteiger partial charge in [-0.3, -0.25) is 14.5 Å². The third kappa shape index (κ3) is 5.33. The van der Waals surface area contributed by atoms with Gasteiger partial charge in [0.25, 0.3) is 0 Å². The van der Waals surface area contributed by atoms with Crippen molar-refractivity contribution in [2.75, 3.05) is 4.90 Å². The molecule has 4 nitrogen and oxygen atoms in total. The fourth-order valence-corrected chi connectivity index (χ4v) is 5.28. The van der Waals surface area contributed by atoms with Crippen molar-refractivity contribution >= 4 is 28.8 Å². The molecule has 4 rings (SSSR count). The van der Waals surface area contributed by atoms with Crippen LogP contribution in [0.25, 0.3) is 0 Å². The van der Waals surface area contributed by atoms with Crippen molar-refractivity contribution in [2.45, 2.75) is 58.0 Å². The highest BCUT2D eigenvalue weighted by molar-refractivity contribution is 7.10. The van der Waals surface area contributed by atoms with Crippen molar-refractivity contribution in [1.29, 1.82) is 0 Å². The number of carbonyl (C=O) groups excluding carboxylic acids is 2. The van der Waals surface area contributed by atoms with Gasteiger partial charge in [-0.05, 0) is 55.8 Å². The number of carbonyl (C=O) groups is 2. The smallest absolute Gasteiger partial charge is 0.248 e. The first-order chi connectivity index (χ1) is 15.9. The molecule has 1 heterocycles. The SMILES string of the molecule is Cc1ccc(N(C(=O)Cc2cccs2)C(C(=O)NC2CCCC2)c2ccccc2F)c(C)c1. The minimum atomic E-state index is -1.10. The van der Waals surface area contributed by atoms with Crippen LogP contribution in [0.2, 0.25) is 0 Å². The van der Waals surface area contributed by atoms with Crippen LogP contribution in [0, 0.1) is 19.7 Å². The number of amides is 2. The van der Waals surface area contributed by atoms with E-state index >= 15 is 4.39 Å². The lowest BCUT2D eigenvalue weighted by Gasteiger charge is -2.33. The summed E-state index contributed by atoms with van der Waals surface area (Å²) in [5.41, 5.74) is 2.74. The molecule has 1 atom stereocenters. The van der Waals surface area contributed by atoms with Gasteiger partial charge in [0.05, 0.1) is 6.42 Å². The van der Waals surface area contributed by atoms with E-state index in [-0.39, 0.29) is 29.8 Å². The molecule has 0 bridgehead atoms. The number of nitrogens with one attached hydrogen (secondary N) is 1. The summed E-state index contributed by atoms with van der Waals surface area (Å²) in [6.45, 7) is 3.90. The number of anilines is 1. The van der Waals surface area contributed by atoms with Crippen molar-refractivity contribution in [2.24, 2.45) is 0 Å². The minimum Gasteiger partial charge on any atom is -0.351 e. The molecule has 1 fully saturated rings. The number of aryl methyl sites for hydroxylation is 2. The molecule has 0 aliphatic heterocycles. The Bertz CT molecular complexity index is 1120. The molecule has 1 aliphatic carbocycles. The highest BCUT2D eigenvalue weighted by Gasteiger charge is 2.36. The largest absolute Gasteiger partial charge is 0.351 e. The van der Waals surface area contributed by atoms with Gasteiger partial charge in [-0.2, -0.15) is 0 Å². The molecule has 1 aliphatic rings. The predicted molar refractivity (Wildman–Crippen MR) is 131 cm³/mol. The van der Waals surface area contributed by atoms with Crippen LogP contribution >= 0.6 is 11.3 Å². The molecule has 2 aromatic carbocycles. The Morgan fingerprint density at radius 2 is 1.85 bits per heavy atom. The summed E-state index contributed by atoms with van der Waals surface area (Å²) in [6.07, 6.45) is 4.08. The third-order valence-electron chi connectivity index (χ3n) is 6.19. The molecule has 0 spiro atoms. The van der Waals surface area contributed by atoms with Gasteiger partial charge < -0.3 is 5.32 Å². The van der Waals surface area contributed by atoms with Gasteiger partial charge in [0, 0.05) is 22.2 Å². The first-order valence-corrected chi connectivity index (χ1v) is 12.3. The zero-order chi connectivity index (χ0) is 23.4. The molecule has 2 amide bonds. The van der Waals surface area contributed by atoms with Crippen LogP contribution in [-0.2, 0) is 16.0 Å². The lowest BCUT2D eigenvalue weighted by molar-refractivity contribution is -0.127. The molecule has 1 saturated carbocycles. The van der Waals surface area contributed by atoms with Gasteiger partial charge in [0.2, 0.25) is 11.8 Å². The van der Waals surface area contributed by atoms with Crippen LogP contribution in [0.5, 0.6) is 0 Å². The van der Waals surface area contributed by atoms with Gasteiger partial charge >= 0.3 is 0 Å². The summed E-state index contributed by atoms with van der Waals surface area (Å²) in [4.78, 5) is 29.8. The van der Waals surface area contributed by atoms with Gasteiger partial charge in [-0.25, -0.2) is 4.39 Å². The van der Waals surface area contributed by atoms with Crippen LogP contribution in [0.15, 0.2) is 60.0 Å². The van der Waals surface area contributed by atoms with Crippen molar-refractivity contribution in [3.05, 3.63) is 87.4 Å². The monoisotopic (exact) mass is 464 g/mol. The fourth-order valence-electron chi connectivity index (χ4n) is 4.59. The molecule has 1 aromatic heterocycles. The maximum atomic E-state index is 15.1. The lowest BCUT2D eigenvalue weighted by Crippen LogP contribution is -2.47. The normalized spacial score (nSPS) is 14.8. The first-order valence-electron chi connectivity index (χ1n) is 11.4. The summed E-state index contributed by atoms with van der Waals surface area (Å²) < 4.78 is 15.1. The highest BCUT2D eigenvalue weighted by atomic mass is 32.1. The van der Waals surface area contributed by atoms with Crippen molar-refractivity contribution in [1.82, 2.24) is 5.32 Å². The molecule has 0 radical (unpaired) electrons. The minimum absolute atomic E-state index is 0.0557. The Labute approximate surface area is 198 Å². The topological polar surface area (TPSA) is 49.4 Å². The number of hydrogen-bond donors (Lipinski definition) is 1. The maximum Gasteiger partial charge on any atom is 0.248 e. The summed E-state index contributed by atoms with van der Waals surface area (Å²) in [5, 5.41) is 5.02. The summed E-state index contributed by atoms with van der Waals surface area (Å²) in [6, 6.07) is 14.8. The number of nitrogens with zero attached hydrogens (tertiary/aromatic N) is 1. The van der Waals surface area contributed by atoms with Gasteiger partial charge in [-0.1, -0.05) is 54.8 Å². The molecule has 6 heteroatoms. The van der Waals surface area contributed by atoms with E-state index in [4.69, 9.17) is 0 Å². The average Bonchev–Trinajstić information content (AvgIpc) is 3.48. The summed E-state index contributed by atoms with van der Waals surface area (Å²) in [7, 11) is 0. The van der Waals surface area contributed by atoms with E-state index in [0.717, 1.165) is 41.7 Å². The maximum absolute atomic E-state index is 15.1. The molecule has 1 unspecified atom stereocenters. The number of thiophene rings is 1. The Balaban J connectivity index is 1.81. The van der Waals surface area contributed by atoms with Crippen LogP contribution < -0.4 is 10.2 Å². The second-order valence-corrected chi connectivity index (χ2v) is 9.76. The zero-order valence-electron chi connectivity index (χ0n) is 19.0. The van der Waals surface area contributed by atoms with E-state index in [0.29, 0.717) is 5.69 Å². The summed E-state index contributed by atoms with van der Waals surface area (Å²) >= 11 is 1.49. The Hall–Kier alpha value is -2.99. The predicted octanol–water partition coefficient (Wildman–Crippen LogP) is 5.88. The van der Waals surface area contributed by atoms with E-state index in [1.807, 2.05) is 49.6 Å². The standard InChI is InChI=1S/C27H29FN2O2S/c1-18-13-14-24(19(2)16-18)30(25(31)17-21-10-7-15-33-21)26(22-11-5-6-12-23(22)28)27(32)29-20-8-3-4-9-20/h5-7,10-16,20,26H,3-4,8-9,17H2,1-2H3,(H,29,32). The Morgan fingerprint density at radius 1 is 1.09 bits per heavy atom. The van der Waals surface area contributed by atoms with E-state index in [1.54, 1.807) is 18.2 Å². The van der Waals surface area contributed by atoms with Gasteiger partial charge in [0.15, 0.2) is 0 Å². The van der Waals surface area contributed by atoms with Gasteiger partial charge in [0.1, 0.15) is 11.9 Å². The van der Waals surface area contributed by atoms with Crippen molar-refractivity contribution in [3.8, 4) is 0 Å². The van der Waals surface area contributed by atoms with E-state index in [2.05, 4.69) is 5.32 Å². The molecule has 0 saturated heterocycles. The fraction of sp³-hybridized carbons (Fsp3) is 0.333. The Kier molecular flexibility index (Phi) is 7.23. The molecule has 1 N–H and O–H groups in total. The number of benzene rings is 2. The third-order valence-corrected chi connectivity index (χ3v) is 7.07. The summed E-state index contributed by atoms with van der Waals surface area (Å²) in [5.74, 6) is -1.08. The van der Waals surface area contributed by atoms with Crippen LogP contribution in [0.3, 0.4) is 0 Å². The van der Waals surface area contributed by atoms with E-state index < -0.39 is 11.9 Å². The Morgan fingerprint density at radius 3 is 2.52 bits per heavy atom. The highest BCUT2D eigenvalue weighted by Crippen LogP contribution is 2.33. The van der Waals surface area contributed by atoms with Crippen LogP contribution in [0.1, 0.15) is 53.3 Å². The quantitative estimate of drug-likeness (QED) is 0.475. The second-order valence-electron chi connectivity index (χ2n) is 8.72. The average molecular weight is 465 g/mol. The van der Waals surface area contributed by atoms with E-state index in [1.165, 1.54) is 22.3 Å². The first kappa shape index (κ1) is 23.2. The van der Waals surface area contributed by atoms with Gasteiger partial charge in [-0.15, -0.1) is 11.3 Å². The molecular formula is C27H29FN2O2S. The number of halogens is 1. The van der Waals surface area contributed by atoms with Crippen molar-refractivity contribution in [3.63, 3.8) is 0 Å². The molecular weight excluding hydrogens is 435 g/mol. The molecule has 172 valence electrons. The zero-order valence-corrected chi connectivity index (χ0v) is 19.8. The number of rotatable bonds is 7. The lowest BCUT2D eigenvalue weighted by atomic mass is 9.99.